The van der Waals surface area contributed by atoms with Crippen LogP contribution in [0.4, 0.5) is 0 Å². The average Bonchev–Trinajstić information content (AvgIpc) is 2.48. The van der Waals surface area contributed by atoms with E-state index in [0.29, 0.717) is 18.9 Å². The maximum atomic E-state index is 11.3. The minimum atomic E-state index is -0.0687. The molecule has 5 heteroatoms. The summed E-state index contributed by atoms with van der Waals surface area (Å²) in [6.45, 7) is 16.3. The summed E-state index contributed by atoms with van der Waals surface area (Å²) >= 11 is 0. The Kier molecular flexibility index (Phi) is 10.1. The summed E-state index contributed by atoms with van der Waals surface area (Å²) in [6, 6.07) is 0. The molecule has 0 aromatic heterocycles. The SMILES string of the molecule is CCOC(=O)CCCN1CCN(CC/N=C(\C)CC(C)C)CC1. The summed E-state index contributed by atoms with van der Waals surface area (Å²) in [4.78, 5) is 20.9. The van der Waals surface area contributed by atoms with Gasteiger partial charge < -0.3 is 9.64 Å². The molecule has 0 aromatic rings. The molecule has 134 valence electrons. The van der Waals surface area contributed by atoms with Crippen LogP contribution in [0, 0.1) is 5.92 Å². The van der Waals surface area contributed by atoms with Gasteiger partial charge in [-0.05, 0) is 39.2 Å². The molecule has 5 nitrogen and oxygen atoms in total. The van der Waals surface area contributed by atoms with Crippen LogP contribution < -0.4 is 0 Å². The number of rotatable bonds is 10. The molecule has 0 N–H and O–H groups in total. The van der Waals surface area contributed by atoms with E-state index in [9.17, 15) is 4.79 Å². The van der Waals surface area contributed by atoms with E-state index in [-0.39, 0.29) is 5.97 Å². The van der Waals surface area contributed by atoms with Crippen LogP contribution in [0.15, 0.2) is 4.99 Å². The third kappa shape index (κ3) is 9.72. The molecule has 0 amide bonds. The first-order chi connectivity index (χ1) is 11.0. The number of carbonyl (C=O) groups excluding carboxylic acids is 1. The van der Waals surface area contributed by atoms with Crippen molar-refractivity contribution >= 4 is 11.7 Å². The van der Waals surface area contributed by atoms with E-state index in [1.54, 1.807) is 0 Å². The van der Waals surface area contributed by atoms with Crippen molar-refractivity contribution in [2.24, 2.45) is 10.9 Å². The first kappa shape index (κ1) is 20.1. The quantitative estimate of drug-likeness (QED) is 0.457. The molecule has 0 radical (unpaired) electrons. The lowest BCUT2D eigenvalue weighted by Gasteiger charge is -2.34. The van der Waals surface area contributed by atoms with E-state index < -0.39 is 0 Å². The fourth-order valence-electron chi connectivity index (χ4n) is 2.95. The Morgan fingerprint density at radius 1 is 1.13 bits per heavy atom. The van der Waals surface area contributed by atoms with Gasteiger partial charge in [0.2, 0.25) is 0 Å². The van der Waals surface area contributed by atoms with E-state index in [1.807, 2.05) is 6.92 Å². The predicted octanol–water partition coefficient (Wildman–Crippen LogP) is 2.45. The maximum absolute atomic E-state index is 11.3. The third-order valence-corrected chi connectivity index (χ3v) is 4.13. The summed E-state index contributed by atoms with van der Waals surface area (Å²) in [5, 5.41) is 0. The molecule has 0 unspecified atom stereocenters. The van der Waals surface area contributed by atoms with Crippen LogP contribution in [0.1, 0.15) is 47.0 Å². The van der Waals surface area contributed by atoms with Crippen LogP contribution in [0.3, 0.4) is 0 Å². The molecular weight excluding hydrogens is 290 g/mol. The van der Waals surface area contributed by atoms with Crippen molar-refractivity contribution in [3.63, 3.8) is 0 Å². The molecule has 1 heterocycles. The number of hydrogen-bond acceptors (Lipinski definition) is 5. The Morgan fingerprint density at radius 2 is 1.74 bits per heavy atom. The zero-order chi connectivity index (χ0) is 17.1. The second kappa shape index (κ2) is 11.6. The van der Waals surface area contributed by atoms with Crippen molar-refractivity contribution < 1.29 is 9.53 Å². The molecule has 1 saturated heterocycles. The lowest BCUT2D eigenvalue weighted by Crippen LogP contribution is -2.47. The van der Waals surface area contributed by atoms with Gasteiger partial charge in [-0.1, -0.05) is 13.8 Å². The van der Waals surface area contributed by atoms with Crippen LogP contribution in [0.25, 0.3) is 0 Å². The number of esters is 1. The van der Waals surface area contributed by atoms with E-state index in [0.717, 1.165) is 58.7 Å². The van der Waals surface area contributed by atoms with Gasteiger partial charge in [-0.3, -0.25) is 14.7 Å². The molecule has 0 aliphatic carbocycles. The monoisotopic (exact) mass is 325 g/mol. The van der Waals surface area contributed by atoms with Crippen LogP contribution in [-0.4, -0.2) is 73.9 Å². The molecule has 1 fully saturated rings. The van der Waals surface area contributed by atoms with E-state index in [4.69, 9.17) is 4.74 Å². The number of piperazine rings is 1. The largest absolute Gasteiger partial charge is 0.466 e. The lowest BCUT2D eigenvalue weighted by molar-refractivity contribution is -0.143. The lowest BCUT2D eigenvalue weighted by atomic mass is 10.1. The highest BCUT2D eigenvalue weighted by atomic mass is 16.5. The number of aliphatic imine (C=N–C) groups is 1. The normalized spacial score (nSPS) is 17.7. The maximum Gasteiger partial charge on any atom is 0.305 e. The molecule has 0 atom stereocenters. The number of nitrogens with zero attached hydrogens (tertiary/aromatic N) is 3. The van der Waals surface area contributed by atoms with Gasteiger partial charge in [0.25, 0.3) is 0 Å². The van der Waals surface area contributed by atoms with Crippen molar-refractivity contribution in [3.8, 4) is 0 Å². The molecule has 0 spiro atoms. The Labute approximate surface area is 142 Å². The van der Waals surface area contributed by atoms with Gasteiger partial charge in [-0.25, -0.2) is 0 Å². The summed E-state index contributed by atoms with van der Waals surface area (Å²) in [7, 11) is 0. The van der Waals surface area contributed by atoms with Crippen molar-refractivity contribution in [1.82, 2.24) is 9.80 Å². The Balaban J connectivity index is 2.10. The first-order valence-electron chi connectivity index (χ1n) is 9.11. The predicted molar refractivity (Wildman–Crippen MR) is 96.2 cm³/mol. The molecule has 1 aliphatic rings. The number of ether oxygens (including phenoxy) is 1. The minimum Gasteiger partial charge on any atom is -0.466 e. The number of hydrogen-bond donors (Lipinski definition) is 0. The zero-order valence-corrected chi connectivity index (χ0v) is 15.5. The Bertz CT molecular complexity index is 361. The van der Waals surface area contributed by atoms with Crippen LogP contribution >= 0.6 is 0 Å². The minimum absolute atomic E-state index is 0.0687. The van der Waals surface area contributed by atoms with Crippen molar-refractivity contribution in [1.29, 1.82) is 0 Å². The van der Waals surface area contributed by atoms with E-state index in [1.165, 1.54) is 5.71 Å². The topological polar surface area (TPSA) is 45.1 Å². The summed E-state index contributed by atoms with van der Waals surface area (Å²) < 4.78 is 4.96. The van der Waals surface area contributed by atoms with Crippen LogP contribution in [-0.2, 0) is 9.53 Å². The molecular formula is C18H35N3O2. The van der Waals surface area contributed by atoms with Gasteiger partial charge in [-0.15, -0.1) is 0 Å². The van der Waals surface area contributed by atoms with Gasteiger partial charge in [0.1, 0.15) is 0 Å². The van der Waals surface area contributed by atoms with Crippen molar-refractivity contribution in [2.75, 3.05) is 52.4 Å². The second-order valence-electron chi connectivity index (χ2n) is 6.81. The fourth-order valence-corrected chi connectivity index (χ4v) is 2.95. The van der Waals surface area contributed by atoms with Crippen LogP contribution in [0.5, 0.6) is 0 Å². The Morgan fingerprint density at radius 3 is 2.30 bits per heavy atom. The average molecular weight is 325 g/mol. The Hall–Kier alpha value is -0.940. The van der Waals surface area contributed by atoms with Crippen LogP contribution in [0.2, 0.25) is 0 Å². The number of carbonyl (C=O) groups is 1. The molecule has 1 rings (SSSR count). The third-order valence-electron chi connectivity index (χ3n) is 4.13. The molecule has 0 saturated carbocycles. The summed E-state index contributed by atoms with van der Waals surface area (Å²) in [6.07, 6.45) is 2.55. The van der Waals surface area contributed by atoms with Gasteiger partial charge in [0, 0.05) is 44.9 Å². The standard InChI is InChI=1S/C18H35N3O2/c1-5-23-18(22)7-6-9-20-11-13-21(14-12-20)10-8-19-17(4)15-16(2)3/h16H,5-15H2,1-4H3/b19-17+. The van der Waals surface area contributed by atoms with Crippen molar-refractivity contribution in [3.05, 3.63) is 0 Å². The van der Waals surface area contributed by atoms with Gasteiger partial charge in [-0.2, -0.15) is 0 Å². The van der Waals surface area contributed by atoms with E-state index in [2.05, 4.69) is 35.6 Å². The fraction of sp³-hybridized carbons (Fsp3) is 0.889. The summed E-state index contributed by atoms with van der Waals surface area (Å²) in [5.41, 5.74) is 1.28. The highest BCUT2D eigenvalue weighted by Gasteiger charge is 2.16. The molecule has 1 aliphatic heterocycles. The highest BCUT2D eigenvalue weighted by molar-refractivity contribution is 5.82. The first-order valence-corrected chi connectivity index (χ1v) is 9.11. The zero-order valence-electron chi connectivity index (χ0n) is 15.5. The second-order valence-corrected chi connectivity index (χ2v) is 6.81. The van der Waals surface area contributed by atoms with Crippen molar-refractivity contribution in [2.45, 2.75) is 47.0 Å². The molecule has 0 bridgehead atoms. The molecule has 23 heavy (non-hydrogen) atoms. The highest BCUT2D eigenvalue weighted by Crippen LogP contribution is 2.05. The van der Waals surface area contributed by atoms with Gasteiger partial charge >= 0.3 is 5.97 Å². The summed E-state index contributed by atoms with van der Waals surface area (Å²) in [5.74, 6) is 0.623. The van der Waals surface area contributed by atoms with Gasteiger partial charge in [0.15, 0.2) is 0 Å². The van der Waals surface area contributed by atoms with Gasteiger partial charge in [0.05, 0.1) is 13.2 Å². The van der Waals surface area contributed by atoms with E-state index >= 15 is 0 Å². The smallest absolute Gasteiger partial charge is 0.305 e. The molecule has 0 aromatic carbocycles.